The lowest BCUT2D eigenvalue weighted by Gasteiger charge is -2.33. The lowest BCUT2D eigenvalue weighted by Crippen LogP contribution is -2.49. The predicted molar refractivity (Wildman–Crippen MR) is 45.8 cm³/mol. The third-order valence-corrected chi connectivity index (χ3v) is 2.09. The average molecular weight is 172 g/mol. The molecule has 12 heavy (non-hydrogen) atoms. The maximum Gasteiger partial charge on any atom is 0.410 e. The molecule has 0 aromatic carbocycles. The number of rotatable bonds is 3. The number of hydrogen-bond donors (Lipinski definition) is 1. The molecule has 0 saturated carbocycles. The Bertz CT molecular complexity index is 161. The van der Waals surface area contributed by atoms with Crippen molar-refractivity contribution in [3.8, 4) is 0 Å². The van der Waals surface area contributed by atoms with E-state index in [1.54, 1.807) is 4.90 Å². The van der Waals surface area contributed by atoms with E-state index in [4.69, 9.17) is 10.5 Å². The van der Waals surface area contributed by atoms with Gasteiger partial charge >= 0.3 is 6.09 Å². The van der Waals surface area contributed by atoms with Gasteiger partial charge in [-0.1, -0.05) is 6.92 Å². The summed E-state index contributed by atoms with van der Waals surface area (Å²) in [5, 5.41) is 0. The fraction of sp³-hybridized carbons (Fsp3) is 0.875. The first-order valence-corrected chi connectivity index (χ1v) is 4.43. The van der Waals surface area contributed by atoms with Gasteiger partial charge in [-0.3, -0.25) is 0 Å². The number of nitrogens with two attached hydrogens (primary N) is 1. The van der Waals surface area contributed by atoms with Crippen LogP contribution in [0.15, 0.2) is 0 Å². The van der Waals surface area contributed by atoms with E-state index in [0.717, 1.165) is 19.4 Å². The first-order chi connectivity index (χ1) is 5.79. The predicted octanol–water partition coefficient (Wildman–Crippen LogP) is 0.566. The van der Waals surface area contributed by atoms with Crippen molar-refractivity contribution in [1.82, 2.24) is 4.90 Å². The maximum atomic E-state index is 11.2. The van der Waals surface area contributed by atoms with Gasteiger partial charge in [-0.15, -0.1) is 0 Å². The van der Waals surface area contributed by atoms with Gasteiger partial charge in [0.15, 0.2) is 0 Å². The second kappa shape index (κ2) is 4.30. The number of carbonyl (C=O) groups excluding carboxylic acids is 1. The van der Waals surface area contributed by atoms with Crippen molar-refractivity contribution in [2.45, 2.75) is 25.8 Å². The van der Waals surface area contributed by atoms with Gasteiger partial charge in [0.05, 0.1) is 12.6 Å². The molecule has 1 amide bonds. The Morgan fingerprint density at radius 1 is 1.75 bits per heavy atom. The summed E-state index contributed by atoms with van der Waals surface area (Å²) >= 11 is 0. The van der Waals surface area contributed by atoms with Gasteiger partial charge in [-0.25, -0.2) is 4.79 Å². The summed E-state index contributed by atoms with van der Waals surface area (Å²) in [5.74, 6) is 0. The molecule has 1 rings (SSSR count). The maximum absolute atomic E-state index is 11.2. The van der Waals surface area contributed by atoms with Crippen LogP contribution in [0.3, 0.4) is 0 Å². The molecule has 1 fully saturated rings. The topological polar surface area (TPSA) is 55.6 Å². The highest BCUT2D eigenvalue weighted by Gasteiger charge is 2.27. The zero-order valence-electron chi connectivity index (χ0n) is 7.45. The summed E-state index contributed by atoms with van der Waals surface area (Å²) in [6.45, 7) is 3.84. The molecule has 0 aliphatic carbocycles. The van der Waals surface area contributed by atoms with E-state index in [1.165, 1.54) is 0 Å². The largest absolute Gasteiger partial charge is 0.449 e. The van der Waals surface area contributed by atoms with Crippen molar-refractivity contribution in [2.75, 3.05) is 19.7 Å². The quantitative estimate of drug-likeness (QED) is 0.677. The summed E-state index contributed by atoms with van der Waals surface area (Å²) < 4.78 is 4.91. The van der Waals surface area contributed by atoms with E-state index >= 15 is 0 Å². The van der Waals surface area contributed by atoms with E-state index in [9.17, 15) is 4.79 Å². The number of nitrogens with zero attached hydrogens (tertiary/aromatic N) is 1. The monoisotopic (exact) mass is 172 g/mol. The molecule has 1 saturated heterocycles. The van der Waals surface area contributed by atoms with E-state index < -0.39 is 0 Å². The van der Waals surface area contributed by atoms with Crippen molar-refractivity contribution in [3.05, 3.63) is 0 Å². The van der Waals surface area contributed by atoms with Crippen LogP contribution in [-0.2, 0) is 4.74 Å². The zero-order valence-corrected chi connectivity index (χ0v) is 7.45. The molecule has 0 aromatic rings. The van der Waals surface area contributed by atoms with E-state index in [1.807, 2.05) is 6.92 Å². The highest BCUT2D eigenvalue weighted by atomic mass is 16.6. The van der Waals surface area contributed by atoms with Crippen molar-refractivity contribution in [2.24, 2.45) is 5.73 Å². The molecule has 0 radical (unpaired) electrons. The Labute approximate surface area is 72.7 Å². The molecule has 0 aromatic heterocycles. The van der Waals surface area contributed by atoms with Crippen LogP contribution in [-0.4, -0.2) is 36.7 Å². The second-order valence-corrected chi connectivity index (χ2v) is 2.99. The number of ether oxygens (including phenoxy) is 1. The summed E-state index contributed by atoms with van der Waals surface area (Å²) in [6, 6.07) is 0.186. The first-order valence-electron chi connectivity index (χ1n) is 4.43. The number of amides is 1. The average Bonchev–Trinajstić information content (AvgIpc) is 2.09. The van der Waals surface area contributed by atoms with Crippen LogP contribution in [0.25, 0.3) is 0 Å². The molecule has 4 heteroatoms. The van der Waals surface area contributed by atoms with Gasteiger partial charge in [-0.05, 0) is 6.42 Å². The summed E-state index contributed by atoms with van der Waals surface area (Å²) in [7, 11) is 0. The Kier molecular flexibility index (Phi) is 3.34. The number of carbonyl (C=O) groups is 1. The smallest absolute Gasteiger partial charge is 0.410 e. The molecule has 1 aliphatic heterocycles. The summed E-state index contributed by atoms with van der Waals surface area (Å²) in [5.41, 5.74) is 5.54. The molecule has 0 bridgehead atoms. The van der Waals surface area contributed by atoms with Crippen LogP contribution in [0.2, 0.25) is 0 Å². The Balaban J connectivity index is 2.53. The number of cyclic esters (lactones) is 1. The van der Waals surface area contributed by atoms with Crippen LogP contribution in [0.1, 0.15) is 19.8 Å². The molecule has 1 heterocycles. The van der Waals surface area contributed by atoms with Gasteiger partial charge < -0.3 is 15.4 Å². The van der Waals surface area contributed by atoms with Crippen LogP contribution in [0.5, 0.6) is 0 Å². The number of hydrogen-bond acceptors (Lipinski definition) is 3. The Morgan fingerprint density at radius 2 is 2.50 bits per heavy atom. The zero-order chi connectivity index (χ0) is 8.97. The van der Waals surface area contributed by atoms with E-state index in [0.29, 0.717) is 13.2 Å². The van der Waals surface area contributed by atoms with Gasteiger partial charge in [-0.2, -0.15) is 0 Å². The molecule has 1 aliphatic rings. The molecule has 1 atom stereocenters. The molecule has 2 N–H and O–H groups in total. The minimum Gasteiger partial charge on any atom is -0.449 e. The molecule has 4 nitrogen and oxygen atoms in total. The SMILES string of the molecule is CCCN1C(=O)OCCC1CN. The molecule has 70 valence electrons. The molecular weight excluding hydrogens is 156 g/mol. The van der Waals surface area contributed by atoms with Crippen molar-refractivity contribution >= 4 is 6.09 Å². The first kappa shape index (κ1) is 9.32. The van der Waals surface area contributed by atoms with Crippen LogP contribution in [0, 0.1) is 0 Å². The van der Waals surface area contributed by atoms with E-state index in [2.05, 4.69) is 0 Å². The lowest BCUT2D eigenvalue weighted by molar-refractivity contribution is 0.0466. The minimum absolute atomic E-state index is 0.186. The molecular formula is C8H16N2O2. The fourth-order valence-electron chi connectivity index (χ4n) is 1.43. The van der Waals surface area contributed by atoms with Gasteiger partial charge in [0.1, 0.15) is 0 Å². The van der Waals surface area contributed by atoms with Gasteiger partial charge in [0.25, 0.3) is 0 Å². The summed E-state index contributed by atoms with van der Waals surface area (Å²) in [4.78, 5) is 12.9. The molecule has 1 unspecified atom stereocenters. The third-order valence-electron chi connectivity index (χ3n) is 2.09. The fourth-order valence-corrected chi connectivity index (χ4v) is 1.43. The van der Waals surface area contributed by atoms with Crippen LogP contribution >= 0.6 is 0 Å². The highest BCUT2D eigenvalue weighted by Crippen LogP contribution is 2.12. The molecule has 0 spiro atoms. The van der Waals surface area contributed by atoms with Crippen LogP contribution in [0.4, 0.5) is 4.79 Å². The Morgan fingerprint density at radius 3 is 3.08 bits per heavy atom. The minimum atomic E-state index is -0.210. The highest BCUT2D eigenvalue weighted by molar-refractivity contribution is 5.68. The van der Waals surface area contributed by atoms with Crippen LogP contribution < -0.4 is 5.73 Å². The standard InChI is InChI=1S/C8H16N2O2/c1-2-4-10-7(6-9)3-5-12-8(10)11/h7H,2-6,9H2,1H3. The lowest BCUT2D eigenvalue weighted by atomic mass is 10.1. The second-order valence-electron chi connectivity index (χ2n) is 2.99. The van der Waals surface area contributed by atoms with E-state index in [-0.39, 0.29) is 12.1 Å². The normalized spacial score (nSPS) is 24.0. The van der Waals surface area contributed by atoms with Crippen molar-refractivity contribution in [1.29, 1.82) is 0 Å². The summed E-state index contributed by atoms with van der Waals surface area (Å²) in [6.07, 6.45) is 1.60. The van der Waals surface area contributed by atoms with Gasteiger partial charge in [0, 0.05) is 19.5 Å². The Hall–Kier alpha value is -0.770. The van der Waals surface area contributed by atoms with Crippen molar-refractivity contribution in [3.63, 3.8) is 0 Å². The van der Waals surface area contributed by atoms with Gasteiger partial charge in [0.2, 0.25) is 0 Å². The third kappa shape index (κ3) is 1.88. The van der Waals surface area contributed by atoms with Crippen molar-refractivity contribution < 1.29 is 9.53 Å².